The van der Waals surface area contributed by atoms with Gasteiger partial charge in [-0.3, -0.25) is 4.68 Å². The van der Waals surface area contributed by atoms with E-state index in [9.17, 15) is 4.39 Å². The summed E-state index contributed by atoms with van der Waals surface area (Å²) in [5, 5.41) is 13.2. The van der Waals surface area contributed by atoms with E-state index in [1.54, 1.807) is 16.9 Å². The lowest BCUT2D eigenvalue weighted by Gasteiger charge is -2.02. The molecule has 0 aliphatic carbocycles. The van der Waals surface area contributed by atoms with Gasteiger partial charge >= 0.3 is 0 Å². The molecule has 5 heteroatoms. The van der Waals surface area contributed by atoms with Crippen molar-refractivity contribution < 1.29 is 4.39 Å². The molecule has 0 saturated heterocycles. The molecule has 1 aromatic heterocycles. The van der Waals surface area contributed by atoms with Crippen molar-refractivity contribution in [2.24, 2.45) is 0 Å². The molecule has 80 valence electrons. The second-order valence-corrected chi connectivity index (χ2v) is 3.75. The van der Waals surface area contributed by atoms with Gasteiger partial charge in [0.05, 0.1) is 29.4 Å². The zero-order valence-corrected chi connectivity index (χ0v) is 8.95. The van der Waals surface area contributed by atoms with Crippen molar-refractivity contribution >= 4 is 11.6 Å². The van der Waals surface area contributed by atoms with Crippen molar-refractivity contribution in [3.05, 3.63) is 52.6 Å². The Morgan fingerprint density at radius 2 is 2.25 bits per heavy atom. The molecule has 0 fully saturated rings. The zero-order chi connectivity index (χ0) is 11.5. The Bertz CT molecular complexity index is 557. The molecule has 2 rings (SSSR count). The molecule has 0 aliphatic rings. The minimum absolute atomic E-state index is 0.299. The summed E-state index contributed by atoms with van der Waals surface area (Å²) in [5.74, 6) is -0.424. The lowest BCUT2D eigenvalue weighted by Crippen LogP contribution is -2.00. The summed E-state index contributed by atoms with van der Waals surface area (Å²) < 4.78 is 14.7. The lowest BCUT2D eigenvalue weighted by atomic mass is 10.1. The van der Waals surface area contributed by atoms with Gasteiger partial charge in [-0.15, -0.1) is 0 Å². The molecule has 2 aromatic rings. The maximum Gasteiger partial charge on any atom is 0.124 e. The van der Waals surface area contributed by atoms with Crippen LogP contribution in [0, 0.1) is 17.1 Å². The maximum atomic E-state index is 13.1. The predicted molar refractivity (Wildman–Crippen MR) is 57.5 cm³/mol. The first-order chi connectivity index (χ1) is 7.67. The van der Waals surface area contributed by atoms with Gasteiger partial charge in [-0.1, -0.05) is 11.6 Å². The minimum atomic E-state index is -0.424. The number of aromatic nitrogens is 2. The highest BCUT2D eigenvalue weighted by Gasteiger charge is 2.02. The number of rotatable bonds is 2. The third-order valence-electron chi connectivity index (χ3n) is 2.03. The first-order valence-electron chi connectivity index (χ1n) is 4.55. The van der Waals surface area contributed by atoms with Crippen LogP contribution in [0.3, 0.4) is 0 Å². The molecule has 0 N–H and O–H groups in total. The summed E-state index contributed by atoms with van der Waals surface area (Å²) in [6.45, 7) is 0.388. The molecule has 0 atom stereocenters. The monoisotopic (exact) mass is 235 g/mol. The van der Waals surface area contributed by atoms with E-state index in [0.29, 0.717) is 22.7 Å². The minimum Gasteiger partial charge on any atom is -0.267 e. The van der Waals surface area contributed by atoms with Crippen LogP contribution in [0.4, 0.5) is 4.39 Å². The predicted octanol–water partition coefficient (Wildman–Crippen LogP) is 2.60. The lowest BCUT2D eigenvalue weighted by molar-refractivity contribution is 0.618. The number of benzene rings is 1. The fourth-order valence-corrected chi connectivity index (χ4v) is 1.57. The van der Waals surface area contributed by atoms with Crippen LogP contribution in [0.5, 0.6) is 0 Å². The molecule has 0 unspecified atom stereocenters. The van der Waals surface area contributed by atoms with Gasteiger partial charge in [0.15, 0.2) is 0 Å². The van der Waals surface area contributed by atoms with E-state index in [4.69, 9.17) is 16.9 Å². The highest BCUT2D eigenvalue weighted by Crippen LogP contribution is 2.11. The number of hydrogen-bond acceptors (Lipinski definition) is 2. The van der Waals surface area contributed by atoms with E-state index in [1.807, 2.05) is 6.07 Å². The zero-order valence-electron chi connectivity index (χ0n) is 8.19. The molecule has 3 nitrogen and oxygen atoms in total. The van der Waals surface area contributed by atoms with Gasteiger partial charge in [0.1, 0.15) is 5.82 Å². The average Bonchev–Trinajstić information content (AvgIpc) is 2.63. The van der Waals surface area contributed by atoms with Crippen LogP contribution < -0.4 is 0 Å². The van der Waals surface area contributed by atoms with E-state index in [-0.39, 0.29) is 0 Å². The highest BCUT2D eigenvalue weighted by atomic mass is 35.5. The van der Waals surface area contributed by atoms with Crippen molar-refractivity contribution in [1.29, 1.82) is 5.26 Å². The summed E-state index contributed by atoms with van der Waals surface area (Å²) in [5.41, 5.74) is 0.976. The van der Waals surface area contributed by atoms with Crippen LogP contribution in [0.2, 0.25) is 5.02 Å². The topological polar surface area (TPSA) is 41.6 Å². The summed E-state index contributed by atoms with van der Waals surface area (Å²) in [6, 6.07) is 6.09. The summed E-state index contributed by atoms with van der Waals surface area (Å²) in [4.78, 5) is 0. The number of halogens is 2. The van der Waals surface area contributed by atoms with Gasteiger partial charge in [0.2, 0.25) is 0 Å². The molecule has 1 aromatic carbocycles. The van der Waals surface area contributed by atoms with E-state index in [2.05, 4.69) is 5.10 Å². The molecular formula is C11H7ClFN3. The van der Waals surface area contributed by atoms with E-state index in [0.717, 1.165) is 0 Å². The SMILES string of the molecule is N#Cc1cc(F)cc(Cn2cc(Cl)cn2)c1. The van der Waals surface area contributed by atoms with Crippen LogP contribution >= 0.6 is 11.6 Å². The quantitative estimate of drug-likeness (QED) is 0.803. The number of nitrogens with zero attached hydrogens (tertiary/aromatic N) is 3. The first kappa shape index (κ1) is 10.7. The molecular weight excluding hydrogens is 229 g/mol. The fourth-order valence-electron chi connectivity index (χ4n) is 1.42. The summed E-state index contributed by atoms with van der Waals surface area (Å²) in [7, 11) is 0. The van der Waals surface area contributed by atoms with Crippen molar-refractivity contribution in [2.75, 3.05) is 0 Å². The normalized spacial score (nSPS) is 10.1. The van der Waals surface area contributed by atoms with Crippen LogP contribution in [0.25, 0.3) is 0 Å². The first-order valence-corrected chi connectivity index (χ1v) is 4.93. The molecule has 0 aliphatic heterocycles. The smallest absolute Gasteiger partial charge is 0.124 e. The van der Waals surface area contributed by atoms with Gasteiger partial charge in [-0.05, 0) is 23.8 Å². The summed E-state index contributed by atoms with van der Waals surface area (Å²) in [6.07, 6.45) is 3.14. The van der Waals surface area contributed by atoms with Crippen molar-refractivity contribution in [3.63, 3.8) is 0 Å². The van der Waals surface area contributed by atoms with Crippen molar-refractivity contribution in [3.8, 4) is 6.07 Å². The Morgan fingerprint density at radius 1 is 1.44 bits per heavy atom. The Hall–Kier alpha value is -1.86. The van der Waals surface area contributed by atoms with Crippen LogP contribution in [0.1, 0.15) is 11.1 Å². The second-order valence-electron chi connectivity index (χ2n) is 3.32. The summed E-state index contributed by atoms with van der Waals surface area (Å²) >= 11 is 5.71. The van der Waals surface area contributed by atoms with E-state index >= 15 is 0 Å². The largest absolute Gasteiger partial charge is 0.267 e. The second kappa shape index (κ2) is 4.33. The number of nitriles is 1. The highest BCUT2D eigenvalue weighted by molar-refractivity contribution is 6.30. The molecule has 0 bridgehead atoms. The van der Waals surface area contributed by atoms with Crippen LogP contribution in [0.15, 0.2) is 30.6 Å². The third-order valence-corrected chi connectivity index (χ3v) is 2.23. The van der Waals surface area contributed by atoms with Gasteiger partial charge in [0.25, 0.3) is 0 Å². The van der Waals surface area contributed by atoms with Crippen LogP contribution in [-0.2, 0) is 6.54 Å². The number of hydrogen-bond donors (Lipinski definition) is 0. The van der Waals surface area contributed by atoms with Gasteiger partial charge in [0, 0.05) is 6.20 Å². The van der Waals surface area contributed by atoms with Crippen LogP contribution in [-0.4, -0.2) is 9.78 Å². The van der Waals surface area contributed by atoms with Gasteiger partial charge in [-0.2, -0.15) is 10.4 Å². The molecule has 0 radical (unpaired) electrons. The Labute approximate surface area is 96.7 Å². The van der Waals surface area contributed by atoms with Gasteiger partial charge in [-0.25, -0.2) is 4.39 Å². The standard InChI is InChI=1S/C11H7ClFN3/c12-10-5-15-16(7-10)6-9-1-8(4-14)2-11(13)3-9/h1-3,5,7H,6H2. The Kier molecular flexibility index (Phi) is 2.88. The molecule has 0 spiro atoms. The Morgan fingerprint density at radius 3 is 2.88 bits per heavy atom. The third kappa shape index (κ3) is 2.38. The van der Waals surface area contributed by atoms with Gasteiger partial charge < -0.3 is 0 Å². The fraction of sp³-hybridized carbons (Fsp3) is 0.0909. The van der Waals surface area contributed by atoms with Crippen molar-refractivity contribution in [2.45, 2.75) is 6.54 Å². The molecule has 0 saturated carbocycles. The van der Waals surface area contributed by atoms with E-state index < -0.39 is 5.82 Å². The average molecular weight is 236 g/mol. The molecule has 16 heavy (non-hydrogen) atoms. The molecule has 0 amide bonds. The Balaban J connectivity index is 2.28. The van der Waals surface area contributed by atoms with Crippen molar-refractivity contribution in [1.82, 2.24) is 9.78 Å². The van der Waals surface area contributed by atoms with E-state index in [1.165, 1.54) is 18.3 Å². The molecule has 1 heterocycles. The maximum absolute atomic E-state index is 13.1.